The van der Waals surface area contributed by atoms with Crippen molar-refractivity contribution in [3.05, 3.63) is 174 Å². The molecule has 0 aromatic heterocycles. The third-order valence-corrected chi connectivity index (χ3v) is 11.5. The van der Waals surface area contributed by atoms with Crippen molar-refractivity contribution in [2.45, 2.75) is 5.41 Å². The lowest BCUT2D eigenvalue weighted by Crippen LogP contribution is -2.25. The predicted octanol–water partition coefficient (Wildman–Crippen LogP) is 10.8. The van der Waals surface area contributed by atoms with Crippen LogP contribution in [0.25, 0.3) is 55.3 Å². The second-order valence-corrected chi connectivity index (χ2v) is 16.0. The molecule has 0 bridgehead atoms. The Bertz CT molecular complexity index is 2350. The maximum Gasteiger partial charge on any atom is 0.109 e. The van der Waals surface area contributed by atoms with Crippen LogP contribution >= 0.6 is 7.14 Å². The summed E-state index contributed by atoms with van der Waals surface area (Å²) >= 11 is 0. The summed E-state index contributed by atoms with van der Waals surface area (Å²) in [6.07, 6.45) is 0. The van der Waals surface area contributed by atoms with Gasteiger partial charge in [-0.1, -0.05) is 127 Å². The van der Waals surface area contributed by atoms with Gasteiger partial charge in [0.1, 0.15) is 7.14 Å². The van der Waals surface area contributed by atoms with Gasteiger partial charge in [-0.15, -0.1) is 0 Å². The summed E-state index contributed by atoms with van der Waals surface area (Å²) in [5, 5.41) is 3.42. The van der Waals surface area contributed by atoms with E-state index in [0.29, 0.717) is 0 Å². The highest BCUT2D eigenvalue weighted by molar-refractivity contribution is 7.70. The van der Waals surface area contributed by atoms with Crippen LogP contribution in [-0.4, -0.2) is 13.3 Å². The van der Waals surface area contributed by atoms with E-state index in [1.165, 1.54) is 66.4 Å². The van der Waals surface area contributed by atoms with Crippen molar-refractivity contribution in [1.82, 2.24) is 0 Å². The highest BCUT2D eigenvalue weighted by atomic mass is 31.2. The van der Waals surface area contributed by atoms with Gasteiger partial charge in [-0.2, -0.15) is 0 Å². The van der Waals surface area contributed by atoms with Gasteiger partial charge in [-0.05, 0) is 115 Å². The molecule has 9 rings (SSSR count). The zero-order chi connectivity index (χ0) is 30.3. The van der Waals surface area contributed by atoms with Crippen LogP contribution in [0.1, 0.15) is 22.3 Å². The van der Waals surface area contributed by atoms with E-state index < -0.39 is 12.6 Å². The number of fused-ring (bicyclic) bond motifs is 11. The van der Waals surface area contributed by atoms with Gasteiger partial charge in [-0.3, -0.25) is 0 Å². The lowest BCUT2D eigenvalue weighted by Gasteiger charge is -2.30. The molecule has 0 saturated carbocycles. The summed E-state index contributed by atoms with van der Waals surface area (Å²) in [5.41, 5.74) is 14.9. The van der Waals surface area contributed by atoms with Gasteiger partial charge in [0.25, 0.3) is 0 Å². The molecule has 0 unspecified atom stereocenters. The van der Waals surface area contributed by atoms with E-state index in [1.807, 2.05) is 25.5 Å². The fraction of sp³-hybridized carbons (Fsp3) is 0.0698. The predicted molar refractivity (Wildman–Crippen MR) is 190 cm³/mol. The van der Waals surface area contributed by atoms with E-state index in [-0.39, 0.29) is 0 Å². The Labute approximate surface area is 264 Å². The summed E-state index contributed by atoms with van der Waals surface area (Å²) in [6.45, 7) is 3.68. The van der Waals surface area contributed by atoms with Gasteiger partial charge in [-0.25, -0.2) is 0 Å². The second kappa shape index (κ2) is 9.51. The highest BCUT2D eigenvalue weighted by Crippen LogP contribution is 2.64. The van der Waals surface area contributed by atoms with Crippen LogP contribution in [0.5, 0.6) is 0 Å². The summed E-state index contributed by atoms with van der Waals surface area (Å²) in [7, 11) is -2.37. The maximum atomic E-state index is 12.9. The first-order valence-electron chi connectivity index (χ1n) is 15.6. The van der Waals surface area contributed by atoms with Crippen molar-refractivity contribution < 1.29 is 4.57 Å². The Morgan fingerprint density at radius 2 is 0.956 bits per heavy atom. The lowest BCUT2D eigenvalue weighted by atomic mass is 9.70. The first-order chi connectivity index (χ1) is 21.9. The minimum Gasteiger partial charge on any atom is -0.319 e. The fourth-order valence-electron chi connectivity index (χ4n) is 8.00. The molecule has 0 fully saturated rings. The normalized spacial score (nSPS) is 13.8. The summed E-state index contributed by atoms with van der Waals surface area (Å²) in [6, 6.07) is 55.5. The van der Waals surface area contributed by atoms with Gasteiger partial charge in [0.2, 0.25) is 0 Å². The molecule has 7 aromatic rings. The summed E-state index contributed by atoms with van der Waals surface area (Å²) in [4.78, 5) is 0. The average Bonchev–Trinajstić information content (AvgIpc) is 3.54. The monoisotopic (exact) mass is 594 g/mol. The average molecular weight is 595 g/mol. The van der Waals surface area contributed by atoms with E-state index >= 15 is 0 Å². The second-order valence-electron chi connectivity index (χ2n) is 12.8. The van der Waals surface area contributed by atoms with Gasteiger partial charge in [0, 0.05) is 5.30 Å². The number of hydrogen-bond donors (Lipinski definition) is 0. The van der Waals surface area contributed by atoms with Crippen LogP contribution < -0.4 is 5.30 Å². The van der Waals surface area contributed by atoms with Gasteiger partial charge in [0.15, 0.2) is 0 Å². The Morgan fingerprint density at radius 3 is 1.67 bits per heavy atom. The Kier molecular flexibility index (Phi) is 5.59. The largest absolute Gasteiger partial charge is 0.319 e. The first kappa shape index (κ1) is 26.4. The van der Waals surface area contributed by atoms with E-state index in [2.05, 4.69) is 140 Å². The molecule has 0 saturated heterocycles. The maximum absolute atomic E-state index is 12.9. The van der Waals surface area contributed by atoms with Crippen molar-refractivity contribution >= 4 is 23.2 Å². The van der Waals surface area contributed by atoms with Crippen molar-refractivity contribution in [3.63, 3.8) is 0 Å². The van der Waals surface area contributed by atoms with Crippen LogP contribution in [0.4, 0.5) is 0 Å². The van der Waals surface area contributed by atoms with E-state index in [0.717, 1.165) is 16.4 Å². The van der Waals surface area contributed by atoms with Gasteiger partial charge in [0.05, 0.1) is 5.41 Å². The fourth-order valence-corrected chi connectivity index (χ4v) is 8.90. The highest BCUT2D eigenvalue weighted by Gasteiger charge is 2.52. The van der Waals surface area contributed by atoms with E-state index in [9.17, 15) is 4.57 Å². The number of rotatable bonds is 3. The molecule has 2 aliphatic carbocycles. The van der Waals surface area contributed by atoms with Crippen molar-refractivity contribution in [1.29, 1.82) is 0 Å². The topological polar surface area (TPSA) is 17.1 Å². The van der Waals surface area contributed by atoms with Gasteiger partial charge >= 0.3 is 0 Å². The smallest absolute Gasteiger partial charge is 0.109 e. The number of benzene rings is 7. The molecule has 0 radical (unpaired) electrons. The molecule has 2 aliphatic rings. The molecular formula is C43H31OP. The third-order valence-electron chi connectivity index (χ3n) is 9.95. The molecule has 0 heterocycles. The van der Waals surface area contributed by atoms with E-state index in [1.54, 1.807) is 0 Å². The molecule has 0 aliphatic heterocycles. The van der Waals surface area contributed by atoms with Crippen molar-refractivity contribution in [2.75, 3.05) is 13.3 Å². The molecule has 0 atom stereocenters. The molecule has 2 heteroatoms. The molecule has 214 valence electrons. The minimum absolute atomic E-state index is 0.396. The van der Waals surface area contributed by atoms with Crippen LogP contribution in [0.3, 0.4) is 0 Å². The van der Waals surface area contributed by atoms with Crippen LogP contribution in [-0.2, 0) is 9.98 Å². The molecule has 1 nitrogen and oxygen atoms in total. The molecule has 1 spiro atoms. The Balaban J connectivity index is 1.35. The third kappa shape index (κ3) is 3.71. The van der Waals surface area contributed by atoms with Crippen molar-refractivity contribution in [3.8, 4) is 44.5 Å². The summed E-state index contributed by atoms with van der Waals surface area (Å²) in [5.74, 6) is 0. The molecule has 0 N–H and O–H groups in total. The quantitative estimate of drug-likeness (QED) is 0.186. The van der Waals surface area contributed by atoms with E-state index in [4.69, 9.17) is 0 Å². The standard InChI is InChI=1S/C43H31OP/c1-45(2,44)33-17-10-15-29(25-33)28-14-9-16-32(24-28)34-20-11-23-40-42(34)37-26-30-12-3-4-13-31(30)27-41(37)43(40)38-21-7-5-18-35(38)36-19-6-8-22-39(36)43/h3-27H,1-2H3. The number of hydrogen-bond acceptors (Lipinski definition) is 1. The molecule has 7 aromatic carbocycles. The van der Waals surface area contributed by atoms with Crippen LogP contribution in [0.15, 0.2) is 152 Å². The van der Waals surface area contributed by atoms with Crippen LogP contribution in [0.2, 0.25) is 0 Å². The molecule has 45 heavy (non-hydrogen) atoms. The molecule has 0 amide bonds. The minimum atomic E-state index is -2.37. The zero-order valence-electron chi connectivity index (χ0n) is 25.3. The Morgan fingerprint density at radius 1 is 0.422 bits per heavy atom. The van der Waals surface area contributed by atoms with Crippen LogP contribution in [0, 0.1) is 0 Å². The first-order valence-corrected chi connectivity index (χ1v) is 18.2. The molecular weight excluding hydrogens is 563 g/mol. The zero-order valence-corrected chi connectivity index (χ0v) is 26.2. The van der Waals surface area contributed by atoms with Gasteiger partial charge < -0.3 is 4.57 Å². The Hall–Kier alpha value is -4.97. The SMILES string of the molecule is CP(C)(=O)c1cccc(-c2cccc(-c3cccc4c3-c3cc5ccccc5cc3C43c4ccccc4-c4ccccc43)c2)c1. The lowest BCUT2D eigenvalue weighted by molar-refractivity contribution is 0.588. The summed E-state index contributed by atoms with van der Waals surface area (Å²) < 4.78 is 12.9. The van der Waals surface area contributed by atoms with Crippen molar-refractivity contribution in [2.24, 2.45) is 0 Å².